The van der Waals surface area contributed by atoms with Crippen LogP contribution in [0.1, 0.15) is 41.5 Å². The van der Waals surface area contributed by atoms with E-state index in [9.17, 15) is 0 Å². The van der Waals surface area contributed by atoms with Crippen molar-refractivity contribution in [2.45, 2.75) is 46.1 Å². The SMILES string of the molecule is CC.CCC1CC=CCC1NC.[HH]. The van der Waals surface area contributed by atoms with E-state index in [1.54, 1.807) is 0 Å². The second-order valence-electron chi connectivity index (χ2n) is 3.01. The quantitative estimate of drug-likeness (QED) is 0.629. The van der Waals surface area contributed by atoms with Crippen molar-refractivity contribution in [1.82, 2.24) is 5.32 Å². The van der Waals surface area contributed by atoms with Crippen LogP contribution in [0.25, 0.3) is 0 Å². The second kappa shape index (κ2) is 7.35. The van der Waals surface area contributed by atoms with E-state index < -0.39 is 0 Å². The van der Waals surface area contributed by atoms with Crippen molar-refractivity contribution in [2.24, 2.45) is 5.92 Å². The minimum absolute atomic E-state index is 0. The van der Waals surface area contributed by atoms with E-state index in [0.29, 0.717) is 0 Å². The minimum Gasteiger partial charge on any atom is -0.316 e. The highest BCUT2D eigenvalue weighted by atomic mass is 14.9. The molecule has 1 aliphatic rings. The van der Waals surface area contributed by atoms with Crippen LogP contribution in [0.3, 0.4) is 0 Å². The van der Waals surface area contributed by atoms with Gasteiger partial charge in [-0.3, -0.25) is 0 Å². The molecule has 0 radical (unpaired) electrons. The van der Waals surface area contributed by atoms with E-state index in [1.165, 1.54) is 19.3 Å². The molecule has 2 unspecified atom stereocenters. The molecule has 0 spiro atoms. The van der Waals surface area contributed by atoms with Crippen LogP contribution in [0.5, 0.6) is 0 Å². The van der Waals surface area contributed by atoms with Crippen molar-refractivity contribution in [3.8, 4) is 0 Å². The molecule has 12 heavy (non-hydrogen) atoms. The standard InChI is InChI=1S/C9H17N.C2H6.H2/c1-3-8-6-4-5-7-9(8)10-2;1-2;/h4-5,8-10H,3,6-7H2,1-2H3;1-2H3;1H. The summed E-state index contributed by atoms with van der Waals surface area (Å²) in [5.74, 6) is 0.870. The summed E-state index contributed by atoms with van der Waals surface area (Å²) in [7, 11) is 2.06. The Morgan fingerprint density at radius 2 is 1.92 bits per heavy atom. The van der Waals surface area contributed by atoms with Crippen LogP contribution in [0.4, 0.5) is 0 Å². The fourth-order valence-electron chi connectivity index (χ4n) is 1.68. The molecule has 1 N–H and O–H groups in total. The van der Waals surface area contributed by atoms with Crippen molar-refractivity contribution in [3.63, 3.8) is 0 Å². The monoisotopic (exact) mass is 171 g/mol. The number of hydrogen-bond acceptors (Lipinski definition) is 1. The average molecular weight is 171 g/mol. The molecule has 1 heteroatoms. The molecule has 2 atom stereocenters. The lowest BCUT2D eigenvalue weighted by Gasteiger charge is -2.26. The number of hydrogen-bond donors (Lipinski definition) is 1. The average Bonchev–Trinajstić information content (AvgIpc) is 2.20. The first-order valence-electron chi connectivity index (χ1n) is 5.20. The molecular formula is C11H25N. The van der Waals surface area contributed by atoms with Gasteiger partial charge in [0.05, 0.1) is 0 Å². The van der Waals surface area contributed by atoms with Gasteiger partial charge in [0, 0.05) is 7.47 Å². The van der Waals surface area contributed by atoms with E-state index in [1.807, 2.05) is 13.8 Å². The molecule has 0 saturated carbocycles. The molecule has 74 valence electrons. The fourth-order valence-corrected chi connectivity index (χ4v) is 1.68. The maximum Gasteiger partial charge on any atom is 0.0130 e. The van der Waals surface area contributed by atoms with Gasteiger partial charge in [0.2, 0.25) is 0 Å². The van der Waals surface area contributed by atoms with E-state index in [-0.39, 0.29) is 1.43 Å². The summed E-state index contributed by atoms with van der Waals surface area (Å²) in [5, 5.41) is 3.35. The zero-order valence-electron chi connectivity index (χ0n) is 8.93. The number of rotatable bonds is 2. The Kier molecular flexibility index (Phi) is 7.17. The molecule has 0 bridgehead atoms. The molecule has 0 aromatic carbocycles. The third-order valence-corrected chi connectivity index (χ3v) is 2.46. The van der Waals surface area contributed by atoms with Crippen LogP contribution in [0.15, 0.2) is 12.2 Å². The summed E-state index contributed by atoms with van der Waals surface area (Å²) in [5.41, 5.74) is 0. The Bertz CT molecular complexity index is 109. The first-order chi connectivity index (χ1) is 5.88. The van der Waals surface area contributed by atoms with Crippen molar-refractivity contribution >= 4 is 0 Å². The summed E-state index contributed by atoms with van der Waals surface area (Å²) < 4.78 is 0. The molecule has 0 aromatic rings. The van der Waals surface area contributed by atoms with Gasteiger partial charge in [0.1, 0.15) is 0 Å². The molecule has 0 aromatic heterocycles. The maximum absolute atomic E-state index is 3.35. The Labute approximate surface area is 78.7 Å². The summed E-state index contributed by atoms with van der Waals surface area (Å²) in [6.07, 6.45) is 8.38. The smallest absolute Gasteiger partial charge is 0.0130 e. The molecule has 0 fully saturated rings. The Morgan fingerprint density at radius 1 is 1.33 bits per heavy atom. The summed E-state index contributed by atoms with van der Waals surface area (Å²) in [4.78, 5) is 0. The highest BCUT2D eigenvalue weighted by Crippen LogP contribution is 2.21. The van der Waals surface area contributed by atoms with E-state index in [0.717, 1.165) is 12.0 Å². The summed E-state index contributed by atoms with van der Waals surface area (Å²) >= 11 is 0. The van der Waals surface area contributed by atoms with Gasteiger partial charge in [0.25, 0.3) is 0 Å². The van der Waals surface area contributed by atoms with Gasteiger partial charge in [-0.05, 0) is 25.8 Å². The minimum atomic E-state index is 0. The van der Waals surface area contributed by atoms with Crippen LogP contribution in [0, 0.1) is 5.92 Å². The first-order valence-corrected chi connectivity index (χ1v) is 5.20. The van der Waals surface area contributed by atoms with Crippen molar-refractivity contribution < 1.29 is 1.43 Å². The highest BCUT2D eigenvalue weighted by Gasteiger charge is 2.17. The van der Waals surface area contributed by atoms with Gasteiger partial charge in [-0.1, -0.05) is 39.3 Å². The second-order valence-corrected chi connectivity index (χ2v) is 3.01. The van der Waals surface area contributed by atoms with E-state index in [2.05, 4.69) is 31.4 Å². The Hall–Kier alpha value is -0.300. The molecule has 1 rings (SSSR count). The predicted molar refractivity (Wildman–Crippen MR) is 58.5 cm³/mol. The number of nitrogens with one attached hydrogen (secondary N) is 1. The summed E-state index contributed by atoms with van der Waals surface area (Å²) in [6, 6.07) is 0.731. The normalized spacial score (nSPS) is 27.7. The van der Waals surface area contributed by atoms with Crippen molar-refractivity contribution in [2.75, 3.05) is 7.05 Å². The molecule has 0 amide bonds. The Balaban J connectivity index is 0. The largest absolute Gasteiger partial charge is 0.316 e. The van der Waals surface area contributed by atoms with Gasteiger partial charge in [-0.2, -0.15) is 0 Å². The topological polar surface area (TPSA) is 12.0 Å². The van der Waals surface area contributed by atoms with Crippen molar-refractivity contribution in [1.29, 1.82) is 0 Å². The zero-order chi connectivity index (χ0) is 9.40. The van der Waals surface area contributed by atoms with Crippen LogP contribution in [0.2, 0.25) is 0 Å². The molecule has 0 saturated heterocycles. The molecular weight excluding hydrogens is 146 g/mol. The van der Waals surface area contributed by atoms with Crippen LogP contribution < -0.4 is 5.32 Å². The van der Waals surface area contributed by atoms with Gasteiger partial charge < -0.3 is 5.32 Å². The first kappa shape index (κ1) is 11.7. The highest BCUT2D eigenvalue weighted by molar-refractivity contribution is 4.96. The predicted octanol–water partition coefficient (Wildman–Crippen LogP) is 3.22. The fraction of sp³-hybridized carbons (Fsp3) is 0.818. The van der Waals surface area contributed by atoms with Gasteiger partial charge >= 0.3 is 0 Å². The molecule has 1 nitrogen and oxygen atoms in total. The third-order valence-electron chi connectivity index (χ3n) is 2.46. The number of allylic oxidation sites excluding steroid dienone is 1. The Morgan fingerprint density at radius 3 is 2.33 bits per heavy atom. The lowest BCUT2D eigenvalue weighted by atomic mass is 9.87. The molecule has 0 aliphatic heterocycles. The van der Waals surface area contributed by atoms with Gasteiger partial charge in [-0.25, -0.2) is 0 Å². The lowest BCUT2D eigenvalue weighted by molar-refractivity contribution is 0.353. The van der Waals surface area contributed by atoms with Crippen LogP contribution in [-0.4, -0.2) is 13.1 Å². The maximum atomic E-state index is 3.35. The lowest BCUT2D eigenvalue weighted by Crippen LogP contribution is -2.34. The van der Waals surface area contributed by atoms with Gasteiger partial charge in [-0.15, -0.1) is 0 Å². The van der Waals surface area contributed by atoms with Crippen molar-refractivity contribution in [3.05, 3.63) is 12.2 Å². The van der Waals surface area contributed by atoms with E-state index >= 15 is 0 Å². The van der Waals surface area contributed by atoms with E-state index in [4.69, 9.17) is 0 Å². The third kappa shape index (κ3) is 3.40. The molecule has 0 heterocycles. The van der Waals surface area contributed by atoms with Crippen LogP contribution >= 0.6 is 0 Å². The molecule has 1 aliphatic carbocycles. The van der Waals surface area contributed by atoms with Gasteiger partial charge in [0.15, 0.2) is 0 Å². The zero-order valence-corrected chi connectivity index (χ0v) is 8.93. The van der Waals surface area contributed by atoms with Crippen LogP contribution in [-0.2, 0) is 0 Å². The summed E-state index contributed by atoms with van der Waals surface area (Å²) in [6.45, 7) is 6.27.